The molecule has 0 saturated heterocycles. The predicted molar refractivity (Wildman–Crippen MR) is 61.9 cm³/mol. The summed E-state index contributed by atoms with van der Waals surface area (Å²) in [6.07, 6.45) is -3.10. The van der Waals surface area contributed by atoms with E-state index in [-0.39, 0.29) is 6.54 Å². The van der Waals surface area contributed by atoms with Crippen LogP contribution in [0.4, 0.5) is 18.9 Å². The Balaban J connectivity index is 2.24. The summed E-state index contributed by atoms with van der Waals surface area (Å²) < 4.78 is 38.4. The fourth-order valence-electron chi connectivity index (χ4n) is 1.65. The van der Waals surface area contributed by atoms with Gasteiger partial charge in [0.1, 0.15) is 0 Å². The van der Waals surface area contributed by atoms with Crippen LogP contribution < -0.4 is 5.73 Å². The molecular formula is C12H12F3N3. The molecule has 6 heteroatoms. The van der Waals surface area contributed by atoms with E-state index in [1.807, 2.05) is 13.0 Å². The van der Waals surface area contributed by atoms with E-state index in [0.717, 1.165) is 17.2 Å². The van der Waals surface area contributed by atoms with Crippen molar-refractivity contribution >= 4 is 5.69 Å². The summed E-state index contributed by atoms with van der Waals surface area (Å²) in [6, 6.07) is 6.30. The quantitative estimate of drug-likeness (QED) is 0.838. The van der Waals surface area contributed by atoms with E-state index in [9.17, 15) is 13.2 Å². The molecule has 1 heterocycles. The number of benzene rings is 1. The van der Waals surface area contributed by atoms with Gasteiger partial charge in [-0.3, -0.25) is 4.68 Å². The maximum Gasteiger partial charge on any atom is 0.435 e. The standard InChI is InChI=1S/C12H12F3N3/c1-8-9(3-2-4-10(8)16)7-18-6-5-11(17-18)12(13,14)15/h2-6H,7,16H2,1H3. The van der Waals surface area contributed by atoms with Crippen LogP contribution in [-0.2, 0) is 12.7 Å². The van der Waals surface area contributed by atoms with Gasteiger partial charge in [0.15, 0.2) is 5.69 Å². The predicted octanol–water partition coefficient (Wildman–Crippen LogP) is 2.84. The van der Waals surface area contributed by atoms with Crippen molar-refractivity contribution in [2.45, 2.75) is 19.6 Å². The first kappa shape index (κ1) is 12.5. The summed E-state index contributed by atoms with van der Waals surface area (Å²) >= 11 is 0. The van der Waals surface area contributed by atoms with Crippen molar-refractivity contribution in [3.63, 3.8) is 0 Å². The largest absolute Gasteiger partial charge is 0.435 e. The fraction of sp³-hybridized carbons (Fsp3) is 0.250. The van der Waals surface area contributed by atoms with Crippen molar-refractivity contribution in [1.82, 2.24) is 9.78 Å². The lowest BCUT2D eigenvalue weighted by molar-refractivity contribution is -0.141. The number of alkyl halides is 3. The van der Waals surface area contributed by atoms with Gasteiger partial charge in [0.25, 0.3) is 0 Å². The van der Waals surface area contributed by atoms with Crippen LogP contribution in [0.2, 0.25) is 0 Å². The molecule has 0 aliphatic carbocycles. The zero-order valence-corrected chi connectivity index (χ0v) is 9.70. The molecule has 2 N–H and O–H groups in total. The molecule has 18 heavy (non-hydrogen) atoms. The van der Waals surface area contributed by atoms with E-state index in [0.29, 0.717) is 5.69 Å². The molecule has 0 radical (unpaired) electrons. The van der Waals surface area contributed by atoms with E-state index < -0.39 is 11.9 Å². The van der Waals surface area contributed by atoms with Gasteiger partial charge in [0.2, 0.25) is 0 Å². The number of rotatable bonds is 2. The number of nitrogens with zero attached hydrogens (tertiary/aromatic N) is 2. The Morgan fingerprint density at radius 2 is 2.00 bits per heavy atom. The van der Waals surface area contributed by atoms with Crippen LogP contribution in [0.3, 0.4) is 0 Å². The second kappa shape index (κ2) is 4.36. The van der Waals surface area contributed by atoms with E-state index in [1.165, 1.54) is 10.9 Å². The third-order valence-electron chi connectivity index (χ3n) is 2.75. The highest BCUT2D eigenvalue weighted by Gasteiger charge is 2.33. The third-order valence-corrected chi connectivity index (χ3v) is 2.75. The molecule has 0 unspecified atom stereocenters. The molecule has 0 bridgehead atoms. The Morgan fingerprint density at radius 1 is 1.28 bits per heavy atom. The molecule has 1 aromatic carbocycles. The van der Waals surface area contributed by atoms with Gasteiger partial charge in [-0.25, -0.2) is 0 Å². The highest BCUT2D eigenvalue weighted by Crippen LogP contribution is 2.27. The summed E-state index contributed by atoms with van der Waals surface area (Å²) in [5.41, 5.74) is 7.19. The van der Waals surface area contributed by atoms with Gasteiger partial charge in [0, 0.05) is 11.9 Å². The van der Waals surface area contributed by atoms with Gasteiger partial charge < -0.3 is 5.73 Å². The molecule has 0 aliphatic heterocycles. The first-order valence-electron chi connectivity index (χ1n) is 5.32. The van der Waals surface area contributed by atoms with Gasteiger partial charge in [0.05, 0.1) is 6.54 Å². The van der Waals surface area contributed by atoms with Gasteiger partial charge >= 0.3 is 6.18 Å². The van der Waals surface area contributed by atoms with Crippen LogP contribution in [0.15, 0.2) is 30.5 Å². The number of aromatic nitrogens is 2. The van der Waals surface area contributed by atoms with E-state index in [4.69, 9.17) is 5.73 Å². The minimum absolute atomic E-state index is 0.271. The summed E-state index contributed by atoms with van der Waals surface area (Å²) in [5.74, 6) is 0. The van der Waals surface area contributed by atoms with Crippen molar-refractivity contribution in [1.29, 1.82) is 0 Å². The fourth-order valence-corrected chi connectivity index (χ4v) is 1.65. The van der Waals surface area contributed by atoms with E-state index in [1.54, 1.807) is 12.1 Å². The van der Waals surface area contributed by atoms with E-state index in [2.05, 4.69) is 5.10 Å². The highest BCUT2D eigenvalue weighted by atomic mass is 19.4. The third kappa shape index (κ3) is 2.47. The average molecular weight is 255 g/mol. The van der Waals surface area contributed by atoms with Crippen molar-refractivity contribution in [2.24, 2.45) is 0 Å². The molecule has 0 saturated carbocycles. The van der Waals surface area contributed by atoms with Crippen LogP contribution in [-0.4, -0.2) is 9.78 Å². The summed E-state index contributed by atoms with van der Waals surface area (Å²) in [7, 11) is 0. The topological polar surface area (TPSA) is 43.8 Å². The Kier molecular flexibility index (Phi) is 3.02. The average Bonchev–Trinajstić information content (AvgIpc) is 2.73. The van der Waals surface area contributed by atoms with Gasteiger partial charge in [-0.2, -0.15) is 18.3 Å². The Hall–Kier alpha value is -1.98. The first-order chi connectivity index (χ1) is 8.38. The van der Waals surface area contributed by atoms with Crippen LogP contribution >= 0.6 is 0 Å². The van der Waals surface area contributed by atoms with Crippen LogP contribution in [0.25, 0.3) is 0 Å². The van der Waals surface area contributed by atoms with E-state index >= 15 is 0 Å². The monoisotopic (exact) mass is 255 g/mol. The minimum atomic E-state index is -4.41. The van der Waals surface area contributed by atoms with Crippen molar-refractivity contribution in [3.05, 3.63) is 47.3 Å². The summed E-state index contributed by atoms with van der Waals surface area (Å²) in [4.78, 5) is 0. The molecule has 3 nitrogen and oxygen atoms in total. The second-order valence-electron chi connectivity index (χ2n) is 4.03. The SMILES string of the molecule is Cc1c(N)cccc1Cn1ccc(C(F)(F)F)n1. The van der Waals surface area contributed by atoms with Crippen LogP contribution in [0, 0.1) is 6.92 Å². The molecule has 0 spiro atoms. The lowest BCUT2D eigenvalue weighted by Gasteiger charge is -2.08. The maximum atomic E-state index is 12.4. The molecular weight excluding hydrogens is 243 g/mol. The van der Waals surface area contributed by atoms with Gasteiger partial charge in [-0.15, -0.1) is 0 Å². The molecule has 0 aliphatic rings. The summed E-state index contributed by atoms with van der Waals surface area (Å²) in [5, 5.41) is 3.50. The smallest absolute Gasteiger partial charge is 0.399 e. The number of anilines is 1. The van der Waals surface area contributed by atoms with Crippen LogP contribution in [0.5, 0.6) is 0 Å². The Morgan fingerprint density at radius 3 is 2.61 bits per heavy atom. The maximum absolute atomic E-state index is 12.4. The number of hydrogen-bond donors (Lipinski definition) is 1. The number of halogens is 3. The normalized spacial score (nSPS) is 11.8. The minimum Gasteiger partial charge on any atom is -0.399 e. The first-order valence-corrected chi connectivity index (χ1v) is 5.32. The van der Waals surface area contributed by atoms with Gasteiger partial charge in [-0.1, -0.05) is 12.1 Å². The lowest BCUT2D eigenvalue weighted by Crippen LogP contribution is -2.09. The second-order valence-corrected chi connectivity index (χ2v) is 4.03. The van der Waals surface area contributed by atoms with Crippen molar-refractivity contribution < 1.29 is 13.2 Å². The Bertz CT molecular complexity index is 558. The molecule has 0 atom stereocenters. The molecule has 0 amide bonds. The zero-order valence-electron chi connectivity index (χ0n) is 9.70. The lowest BCUT2D eigenvalue weighted by atomic mass is 10.1. The highest BCUT2D eigenvalue weighted by molar-refractivity contribution is 5.49. The molecule has 1 aromatic heterocycles. The Labute approximate surface area is 102 Å². The summed E-state index contributed by atoms with van der Waals surface area (Å²) in [6.45, 7) is 2.10. The molecule has 0 fully saturated rings. The number of hydrogen-bond acceptors (Lipinski definition) is 2. The molecule has 2 rings (SSSR count). The van der Waals surface area contributed by atoms with Gasteiger partial charge in [-0.05, 0) is 30.2 Å². The van der Waals surface area contributed by atoms with Crippen molar-refractivity contribution in [2.75, 3.05) is 5.73 Å². The number of nitrogen functional groups attached to an aromatic ring is 1. The van der Waals surface area contributed by atoms with Crippen LogP contribution in [0.1, 0.15) is 16.8 Å². The molecule has 96 valence electrons. The molecule has 2 aromatic rings. The van der Waals surface area contributed by atoms with Crippen molar-refractivity contribution in [3.8, 4) is 0 Å². The zero-order chi connectivity index (χ0) is 13.3. The number of nitrogens with two attached hydrogens (primary N) is 1.